The van der Waals surface area contributed by atoms with E-state index < -0.39 is 5.78 Å². The number of Topliss-reactive ketones (excluding diaryl/α,β-unsaturated/α-hetero) is 1. The molecule has 3 aromatic rings. The Morgan fingerprint density at radius 1 is 0.850 bits per heavy atom. The number of benzene rings is 3. The summed E-state index contributed by atoms with van der Waals surface area (Å²) < 4.78 is 0. The number of hydrogen-bond acceptors (Lipinski definition) is 2. The second kappa shape index (κ2) is 4.89. The molecule has 0 heterocycles. The quantitative estimate of drug-likeness (QED) is 0.298. The van der Waals surface area contributed by atoms with Gasteiger partial charge in [0.05, 0.1) is 0 Å². The van der Waals surface area contributed by atoms with Crippen molar-refractivity contribution in [2.24, 2.45) is 0 Å². The first-order valence-electron chi connectivity index (χ1n) is 5.91. The number of carbonyl (C=O) groups excluding carboxylic acids is 2. The highest BCUT2D eigenvalue weighted by Gasteiger charge is 2.14. The molecule has 20 heavy (non-hydrogen) atoms. The maximum atomic E-state index is 12.0. The van der Waals surface area contributed by atoms with Crippen LogP contribution in [-0.2, 0) is 4.79 Å². The van der Waals surface area contributed by atoms with Crippen molar-refractivity contribution in [3.8, 4) is 0 Å². The van der Waals surface area contributed by atoms with E-state index in [1.54, 1.807) is 30.3 Å². The minimum absolute atomic E-state index is 0.323. The molecule has 0 aliphatic heterocycles. The van der Waals surface area contributed by atoms with Crippen LogP contribution in [0, 0.1) is 0 Å². The van der Waals surface area contributed by atoms with Gasteiger partial charge in [-0.2, -0.15) is 0 Å². The summed E-state index contributed by atoms with van der Waals surface area (Å²) in [7, 11) is 0. The topological polar surface area (TPSA) is 34.1 Å². The van der Waals surface area contributed by atoms with Gasteiger partial charge < -0.3 is 0 Å². The van der Waals surface area contributed by atoms with Crippen LogP contribution in [-0.4, -0.2) is 12.1 Å². The van der Waals surface area contributed by atoms with Crippen molar-refractivity contribution in [1.82, 2.24) is 0 Å². The van der Waals surface area contributed by atoms with Crippen molar-refractivity contribution >= 4 is 56.8 Å². The summed E-state index contributed by atoms with van der Waals surface area (Å²) in [6, 6.07) is 12.4. The molecule has 0 saturated carbocycles. The van der Waals surface area contributed by atoms with E-state index >= 15 is 0 Å². The summed E-state index contributed by atoms with van der Waals surface area (Å²) in [5.74, 6) is -0.565. The van der Waals surface area contributed by atoms with Crippen LogP contribution in [0.15, 0.2) is 42.5 Å². The van der Waals surface area contributed by atoms with Crippen molar-refractivity contribution in [1.29, 1.82) is 0 Å². The fourth-order valence-electron chi connectivity index (χ4n) is 2.39. The summed E-state index contributed by atoms with van der Waals surface area (Å²) >= 11 is 12.0. The molecule has 0 aromatic heterocycles. The molecule has 0 radical (unpaired) electrons. The molecule has 0 aliphatic carbocycles. The van der Waals surface area contributed by atoms with Crippen LogP contribution >= 0.6 is 23.2 Å². The number of fused-ring (bicyclic) bond motifs is 2. The van der Waals surface area contributed by atoms with Gasteiger partial charge in [0.2, 0.25) is 5.78 Å². The normalized spacial score (nSPS) is 10.9. The molecule has 0 N–H and O–H groups in total. The number of aldehydes is 1. The van der Waals surface area contributed by atoms with Gasteiger partial charge in [0.15, 0.2) is 6.29 Å². The SMILES string of the molecule is O=CC(=O)c1c2ccc(Cl)cc2cc2ccc(Cl)cc12. The first-order valence-corrected chi connectivity index (χ1v) is 6.67. The third-order valence-electron chi connectivity index (χ3n) is 3.23. The Kier molecular flexibility index (Phi) is 3.20. The lowest BCUT2D eigenvalue weighted by molar-refractivity contribution is -0.104. The van der Waals surface area contributed by atoms with Gasteiger partial charge in [-0.3, -0.25) is 9.59 Å². The van der Waals surface area contributed by atoms with E-state index in [2.05, 4.69) is 0 Å². The van der Waals surface area contributed by atoms with Crippen LogP contribution < -0.4 is 0 Å². The molecule has 3 rings (SSSR count). The Morgan fingerprint density at radius 2 is 1.55 bits per heavy atom. The van der Waals surface area contributed by atoms with Crippen molar-refractivity contribution in [2.75, 3.05) is 0 Å². The Labute approximate surface area is 124 Å². The largest absolute Gasteiger partial charge is 0.294 e. The van der Waals surface area contributed by atoms with Crippen molar-refractivity contribution in [3.05, 3.63) is 58.1 Å². The number of ketones is 1. The predicted molar refractivity (Wildman–Crippen MR) is 81.9 cm³/mol. The lowest BCUT2D eigenvalue weighted by atomic mass is 9.94. The van der Waals surface area contributed by atoms with Crippen LogP contribution in [0.1, 0.15) is 10.4 Å². The van der Waals surface area contributed by atoms with E-state index in [0.29, 0.717) is 32.7 Å². The number of halogens is 2. The molecular formula is C16H8Cl2O2. The van der Waals surface area contributed by atoms with Gasteiger partial charge in [0.1, 0.15) is 0 Å². The summed E-state index contributed by atoms with van der Waals surface area (Å²) in [5.41, 5.74) is 0.367. The molecule has 0 saturated heterocycles. The van der Waals surface area contributed by atoms with Gasteiger partial charge in [-0.05, 0) is 51.9 Å². The van der Waals surface area contributed by atoms with Gasteiger partial charge in [-0.15, -0.1) is 0 Å². The zero-order valence-corrected chi connectivity index (χ0v) is 11.7. The highest BCUT2D eigenvalue weighted by molar-refractivity contribution is 6.41. The average Bonchev–Trinajstić information content (AvgIpc) is 2.44. The molecule has 98 valence electrons. The highest BCUT2D eigenvalue weighted by Crippen LogP contribution is 2.32. The molecule has 0 spiro atoms. The lowest BCUT2D eigenvalue weighted by Crippen LogP contribution is -2.02. The van der Waals surface area contributed by atoms with E-state index in [9.17, 15) is 9.59 Å². The fraction of sp³-hybridized carbons (Fsp3) is 0. The first kappa shape index (κ1) is 13.1. The van der Waals surface area contributed by atoms with Gasteiger partial charge in [0, 0.05) is 15.6 Å². The number of hydrogen-bond donors (Lipinski definition) is 0. The molecule has 0 bridgehead atoms. The van der Waals surface area contributed by atoms with Crippen LogP contribution in [0.4, 0.5) is 0 Å². The van der Waals surface area contributed by atoms with E-state index in [0.717, 1.165) is 10.8 Å². The molecule has 0 amide bonds. The van der Waals surface area contributed by atoms with Gasteiger partial charge >= 0.3 is 0 Å². The second-order valence-electron chi connectivity index (χ2n) is 4.46. The molecule has 2 nitrogen and oxygen atoms in total. The minimum Gasteiger partial charge on any atom is -0.294 e. The maximum absolute atomic E-state index is 12.0. The summed E-state index contributed by atoms with van der Waals surface area (Å²) in [6.45, 7) is 0. The summed E-state index contributed by atoms with van der Waals surface area (Å²) in [5, 5.41) is 4.12. The molecule has 0 fully saturated rings. The van der Waals surface area contributed by atoms with E-state index in [4.69, 9.17) is 23.2 Å². The maximum Gasteiger partial charge on any atom is 0.226 e. The molecule has 4 heteroatoms. The van der Waals surface area contributed by atoms with Gasteiger partial charge in [-0.1, -0.05) is 35.3 Å². The van der Waals surface area contributed by atoms with E-state index in [1.165, 1.54) is 0 Å². The third-order valence-corrected chi connectivity index (χ3v) is 3.70. The van der Waals surface area contributed by atoms with E-state index in [-0.39, 0.29) is 0 Å². The minimum atomic E-state index is -0.565. The van der Waals surface area contributed by atoms with Gasteiger partial charge in [0.25, 0.3) is 0 Å². The van der Waals surface area contributed by atoms with Crippen LogP contribution in [0.2, 0.25) is 10.0 Å². The Balaban J connectivity index is 2.56. The molecular weight excluding hydrogens is 295 g/mol. The zero-order chi connectivity index (χ0) is 14.3. The molecule has 0 unspecified atom stereocenters. The van der Waals surface area contributed by atoms with Crippen molar-refractivity contribution in [2.45, 2.75) is 0 Å². The fourth-order valence-corrected chi connectivity index (χ4v) is 2.74. The summed E-state index contributed by atoms with van der Waals surface area (Å²) in [6.07, 6.45) is 0.323. The van der Waals surface area contributed by atoms with Crippen molar-refractivity contribution in [3.63, 3.8) is 0 Å². The molecule has 0 atom stereocenters. The lowest BCUT2D eigenvalue weighted by Gasteiger charge is -2.09. The van der Waals surface area contributed by atoms with Gasteiger partial charge in [-0.25, -0.2) is 0 Å². The molecule has 0 aliphatic rings. The van der Waals surface area contributed by atoms with Crippen LogP contribution in [0.3, 0.4) is 0 Å². The number of rotatable bonds is 2. The second-order valence-corrected chi connectivity index (χ2v) is 5.34. The monoisotopic (exact) mass is 302 g/mol. The van der Waals surface area contributed by atoms with Crippen molar-refractivity contribution < 1.29 is 9.59 Å². The Hall–Kier alpha value is -1.90. The first-order chi connectivity index (χ1) is 9.60. The molecule has 3 aromatic carbocycles. The predicted octanol–water partition coefficient (Wildman–Crippen LogP) is 4.68. The Morgan fingerprint density at radius 3 is 2.30 bits per heavy atom. The standard InChI is InChI=1S/C16H8Cl2O2/c17-11-3-4-13-10(6-11)5-9-1-2-12(18)7-14(9)16(13)15(20)8-19/h1-8H. The smallest absolute Gasteiger partial charge is 0.226 e. The third kappa shape index (κ3) is 2.07. The zero-order valence-electron chi connectivity index (χ0n) is 10.2. The van der Waals surface area contributed by atoms with E-state index in [1.807, 2.05) is 12.1 Å². The van der Waals surface area contributed by atoms with Crippen LogP contribution in [0.5, 0.6) is 0 Å². The number of carbonyl (C=O) groups is 2. The average molecular weight is 303 g/mol. The summed E-state index contributed by atoms with van der Waals surface area (Å²) in [4.78, 5) is 22.9. The Bertz CT molecular complexity index is 869. The van der Waals surface area contributed by atoms with Crippen LogP contribution in [0.25, 0.3) is 21.5 Å². The highest BCUT2D eigenvalue weighted by atomic mass is 35.5.